The Balaban J connectivity index is 1.40. The molecule has 4 rings (SSSR count). The van der Waals surface area contributed by atoms with Gasteiger partial charge in [-0.05, 0) is 44.2 Å². The lowest BCUT2D eigenvalue weighted by Gasteiger charge is -2.36. The van der Waals surface area contributed by atoms with Crippen LogP contribution in [0.2, 0.25) is 5.02 Å². The minimum Gasteiger partial charge on any atom is -0.364 e. The topological polar surface area (TPSA) is 121 Å². The smallest absolute Gasteiger partial charge is 0.270 e. The number of halogens is 1. The van der Waals surface area contributed by atoms with E-state index in [9.17, 15) is 14.4 Å². The van der Waals surface area contributed by atoms with E-state index in [0.29, 0.717) is 37.3 Å². The first-order chi connectivity index (χ1) is 13.9. The van der Waals surface area contributed by atoms with Gasteiger partial charge in [-0.2, -0.15) is 0 Å². The maximum Gasteiger partial charge on any atom is 0.270 e. The zero-order valence-electron chi connectivity index (χ0n) is 15.8. The van der Waals surface area contributed by atoms with Crippen LogP contribution >= 0.6 is 11.6 Å². The van der Waals surface area contributed by atoms with Gasteiger partial charge in [0.25, 0.3) is 11.8 Å². The third-order valence-corrected chi connectivity index (χ3v) is 6.35. The van der Waals surface area contributed by atoms with Gasteiger partial charge in [0, 0.05) is 12.6 Å². The molecular weight excluding hydrogens is 394 g/mol. The second-order valence-corrected chi connectivity index (χ2v) is 8.08. The third-order valence-electron chi connectivity index (χ3n) is 6.03. The van der Waals surface area contributed by atoms with Crippen LogP contribution < -0.4 is 16.0 Å². The molecule has 1 aromatic heterocycles. The molecule has 1 saturated heterocycles. The molecule has 1 saturated carbocycles. The maximum absolute atomic E-state index is 13.2. The van der Waals surface area contributed by atoms with Gasteiger partial charge in [-0.25, -0.2) is 4.98 Å². The van der Waals surface area contributed by atoms with Gasteiger partial charge >= 0.3 is 0 Å². The van der Waals surface area contributed by atoms with Crippen LogP contribution in [0.3, 0.4) is 0 Å². The summed E-state index contributed by atoms with van der Waals surface area (Å²) in [6.45, 7) is 0.649. The number of nitrogens with two attached hydrogens (primary N) is 1. The highest BCUT2D eigenvalue weighted by Gasteiger charge is 2.49. The molecule has 2 fully saturated rings. The van der Waals surface area contributed by atoms with Gasteiger partial charge in [-0.15, -0.1) is 0 Å². The highest BCUT2D eigenvalue weighted by Crippen LogP contribution is 2.46. The lowest BCUT2D eigenvalue weighted by molar-refractivity contribution is -0.127. The van der Waals surface area contributed by atoms with Crippen molar-refractivity contribution in [3.63, 3.8) is 0 Å². The SMILES string of the molecule is NC(=O)c1nc[nH]c1C(=O)N[C@H]1CC[C@@]2(CCN(c3ccccc3Cl)C2=O)CC1. The molecule has 3 amide bonds. The fourth-order valence-corrected chi connectivity index (χ4v) is 4.65. The van der Waals surface area contributed by atoms with Crippen molar-refractivity contribution in [2.24, 2.45) is 11.1 Å². The summed E-state index contributed by atoms with van der Waals surface area (Å²) in [4.78, 5) is 45.3. The fraction of sp³-hybridized carbons (Fsp3) is 0.400. The molecule has 2 heterocycles. The van der Waals surface area contributed by atoms with Crippen molar-refractivity contribution < 1.29 is 14.4 Å². The first kappa shape index (κ1) is 19.4. The van der Waals surface area contributed by atoms with Gasteiger partial charge in [0.15, 0.2) is 5.69 Å². The number of hydrogen-bond donors (Lipinski definition) is 3. The van der Waals surface area contributed by atoms with E-state index in [1.54, 1.807) is 11.0 Å². The van der Waals surface area contributed by atoms with Gasteiger partial charge < -0.3 is 20.9 Å². The van der Waals surface area contributed by atoms with Gasteiger partial charge in [-0.3, -0.25) is 14.4 Å². The number of rotatable bonds is 4. The second kappa shape index (κ2) is 7.51. The normalized spacial score (nSPS) is 24.1. The summed E-state index contributed by atoms with van der Waals surface area (Å²) >= 11 is 6.28. The summed E-state index contributed by atoms with van der Waals surface area (Å²) in [6.07, 6.45) is 4.82. The van der Waals surface area contributed by atoms with Crippen molar-refractivity contribution in [2.75, 3.05) is 11.4 Å². The van der Waals surface area contributed by atoms with Crippen LogP contribution in [0, 0.1) is 5.41 Å². The molecule has 0 unspecified atom stereocenters. The van der Waals surface area contributed by atoms with Crippen molar-refractivity contribution in [1.82, 2.24) is 15.3 Å². The largest absolute Gasteiger partial charge is 0.364 e. The molecular formula is C20H22ClN5O3. The lowest BCUT2D eigenvalue weighted by Crippen LogP contribution is -2.44. The van der Waals surface area contributed by atoms with Crippen LogP contribution in [-0.4, -0.2) is 40.3 Å². The van der Waals surface area contributed by atoms with E-state index in [2.05, 4.69) is 15.3 Å². The molecule has 152 valence electrons. The van der Waals surface area contributed by atoms with Gasteiger partial charge in [0.1, 0.15) is 5.69 Å². The number of H-pyrrole nitrogens is 1. The Morgan fingerprint density at radius 1 is 1.24 bits per heavy atom. The number of aromatic nitrogens is 2. The third kappa shape index (κ3) is 3.48. The number of primary amides is 1. The number of amides is 3. The van der Waals surface area contributed by atoms with E-state index in [1.807, 2.05) is 18.2 Å². The molecule has 1 aliphatic carbocycles. The van der Waals surface area contributed by atoms with E-state index in [-0.39, 0.29) is 23.3 Å². The first-order valence-electron chi connectivity index (χ1n) is 9.62. The number of anilines is 1. The molecule has 9 heteroatoms. The van der Waals surface area contributed by atoms with Crippen LogP contribution in [0.15, 0.2) is 30.6 Å². The van der Waals surface area contributed by atoms with Crippen LogP contribution in [0.5, 0.6) is 0 Å². The Morgan fingerprint density at radius 3 is 2.66 bits per heavy atom. The first-order valence-corrected chi connectivity index (χ1v) is 10.00. The van der Waals surface area contributed by atoms with Crippen molar-refractivity contribution in [1.29, 1.82) is 0 Å². The van der Waals surface area contributed by atoms with Gasteiger partial charge in [-0.1, -0.05) is 23.7 Å². The van der Waals surface area contributed by atoms with Crippen LogP contribution in [0.25, 0.3) is 0 Å². The number of para-hydroxylation sites is 1. The molecule has 8 nitrogen and oxygen atoms in total. The number of nitrogens with zero attached hydrogens (tertiary/aromatic N) is 2. The highest BCUT2D eigenvalue weighted by atomic mass is 35.5. The number of nitrogens with one attached hydrogen (secondary N) is 2. The zero-order chi connectivity index (χ0) is 20.6. The van der Waals surface area contributed by atoms with Crippen LogP contribution in [0.1, 0.15) is 53.1 Å². The van der Waals surface area contributed by atoms with Gasteiger partial charge in [0.2, 0.25) is 5.91 Å². The summed E-state index contributed by atoms with van der Waals surface area (Å²) in [7, 11) is 0. The molecule has 0 radical (unpaired) electrons. The number of carbonyl (C=O) groups is 3. The Bertz CT molecular complexity index is 965. The molecule has 1 aliphatic heterocycles. The average molecular weight is 416 g/mol. The Morgan fingerprint density at radius 2 is 1.97 bits per heavy atom. The standard InChI is InChI=1S/C20H22ClN5O3/c21-13-3-1-2-4-14(13)26-10-9-20(19(26)29)7-5-12(6-8-20)25-18(28)16-15(17(22)27)23-11-24-16/h1-4,11-12H,5-10H2,(H2,22,27)(H,23,24)(H,25,28)/t12-,20-. The Kier molecular flexibility index (Phi) is 5.04. The van der Waals surface area contributed by atoms with E-state index in [1.165, 1.54) is 6.33 Å². The van der Waals surface area contributed by atoms with Crippen molar-refractivity contribution in [3.05, 3.63) is 47.0 Å². The molecule has 0 bridgehead atoms. The number of aromatic amines is 1. The van der Waals surface area contributed by atoms with E-state index in [0.717, 1.165) is 12.1 Å². The average Bonchev–Trinajstić information content (AvgIpc) is 3.31. The van der Waals surface area contributed by atoms with Crippen molar-refractivity contribution >= 4 is 35.0 Å². The lowest BCUT2D eigenvalue weighted by atomic mass is 9.71. The number of imidazole rings is 1. The van der Waals surface area contributed by atoms with Crippen LogP contribution in [-0.2, 0) is 4.79 Å². The summed E-state index contributed by atoms with van der Waals surface area (Å²) in [5.41, 5.74) is 5.60. The summed E-state index contributed by atoms with van der Waals surface area (Å²) < 4.78 is 0. The molecule has 4 N–H and O–H groups in total. The maximum atomic E-state index is 13.2. The molecule has 29 heavy (non-hydrogen) atoms. The highest BCUT2D eigenvalue weighted by molar-refractivity contribution is 6.34. The summed E-state index contributed by atoms with van der Waals surface area (Å²) in [5.74, 6) is -1.05. The minimum absolute atomic E-state index is 0.0691. The molecule has 2 aliphatic rings. The van der Waals surface area contributed by atoms with Crippen molar-refractivity contribution in [3.8, 4) is 0 Å². The molecule has 1 aromatic carbocycles. The zero-order valence-corrected chi connectivity index (χ0v) is 16.5. The molecule has 0 atom stereocenters. The van der Waals surface area contributed by atoms with E-state index >= 15 is 0 Å². The van der Waals surface area contributed by atoms with E-state index < -0.39 is 17.2 Å². The monoisotopic (exact) mass is 415 g/mol. The van der Waals surface area contributed by atoms with E-state index in [4.69, 9.17) is 17.3 Å². The quantitative estimate of drug-likeness (QED) is 0.708. The summed E-state index contributed by atoms with van der Waals surface area (Å²) in [6, 6.07) is 7.31. The van der Waals surface area contributed by atoms with Gasteiger partial charge in [0.05, 0.1) is 22.5 Å². The number of carbonyl (C=O) groups excluding carboxylic acids is 3. The van der Waals surface area contributed by atoms with Crippen LogP contribution in [0.4, 0.5) is 5.69 Å². The van der Waals surface area contributed by atoms with Crippen molar-refractivity contribution in [2.45, 2.75) is 38.1 Å². The summed E-state index contributed by atoms with van der Waals surface area (Å²) in [5, 5.41) is 3.50. The fourth-order valence-electron chi connectivity index (χ4n) is 4.41. The molecule has 2 aromatic rings. The Labute approximate surface area is 172 Å². The number of benzene rings is 1. The molecule has 1 spiro atoms. The predicted octanol–water partition coefficient (Wildman–Crippen LogP) is 2.26. The Hall–Kier alpha value is -2.87. The minimum atomic E-state index is -0.754. The number of hydrogen-bond acceptors (Lipinski definition) is 4. The second-order valence-electron chi connectivity index (χ2n) is 7.68. The predicted molar refractivity (Wildman–Crippen MR) is 108 cm³/mol.